The minimum atomic E-state index is -0.584. The molecule has 1 aromatic heterocycles. The van der Waals surface area contributed by atoms with Gasteiger partial charge in [0.2, 0.25) is 0 Å². The quantitative estimate of drug-likeness (QED) is 0.482. The van der Waals surface area contributed by atoms with E-state index in [4.69, 9.17) is 21.4 Å². The third-order valence-corrected chi connectivity index (χ3v) is 2.92. The Bertz CT molecular complexity index is 396. The molecule has 0 aromatic carbocycles. The van der Waals surface area contributed by atoms with Gasteiger partial charge in [0.05, 0.1) is 12.0 Å². The number of aromatic nitrogens is 2. The number of nitrogens with zero attached hydrogens (tertiary/aromatic N) is 3. The number of rotatable bonds is 3. The first-order valence-electron chi connectivity index (χ1n) is 4.71. The maximum atomic E-state index is 10.7. The Labute approximate surface area is 95.8 Å². The SMILES string of the molecule is O=[N+]([O-])c1nccn1[C@H]1C[C@H](Cl)[C@@H](CO)O1. The largest absolute Gasteiger partial charge is 0.436 e. The van der Waals surface area contributed by atoms with Crippen molar-refractivity contribution in [1.82, 2.24) is 9.55 Å². The standard InChI is InChI=1S/C8H10ClN3O4/c9-5-3-7(16-6(5)4-13)11-2-1-10-8(11)12(14)15/h1-2,5-7,13H,3-4H2/t5-,6+,7+/m0/s1. The van der Waals surface area contributed by atoms with Crippen molar-refractivity contribution in [3.05, 3.63) is 22.5 Å². The first-order valence-corrected chi connectivity index (χ1v) is 5.14. The molecule has 8 heteroatoms. The van der Waals surface area contributed by atoms with Gasteiger partial charge in [-0.3, -0.25) is 0 Å². The molecule has 0 amide bonds. The Morgan fingerprint density at radius 1 is 1.81 bits per heavy atom. The summed E-state index contributed by atoms with van der Waals surface area (Å²) >= 11 is 5.93. The molecule has 0 unspecified atom stereocenters. The van der Waals surface area contributed by atoms with Crippen LogP contribution in [0.4, 0.5) is 5.95 Å². The summed E-state index contributed by atoms with van der Waals surface area (Å²) < 4.78 is 6.71. The summed E-state index contributed by atoms with van der Waals surface area (Å²) in [5, 5.41) is 19.3. The van der Waals surface area contributed by atoms with Crippen LogP contribution in [-0.2, 0) is 4.74 Å². The molecule has 1 aliphatic heterocycles. The second-order valence-corrected chi connectivity index (χ2v) is 4.02. The Kier molecular flexibility index (Phi) is 3.08. The zero-order chi connectivity index (χ0) is 11.7. The van der Waals surface area contributed by atoms with Gasteiger partial charge in [0.25, 0.3) is 0 Å². The van der Waals surface area contributed by atoms with E-state index in [2.05, 4.69) is 4.98 Å². The summed E-state index contributed by atoms with van der Waals surface area (Å²) in [5.74, 6) is -0.285. The van der Waals surface area contributed by atoms with Gasteiger partial charge < -0.3 is 20.0 Å². The van der Waals surface area contributed by atoms with Gasteiger partial charge in [0, 0.05) is 6.42 Å². The molecule has 88 valence electrons. The van der Waals surface area contributed by atoms with Gasteiger partial charge in [0.15, 0.2) is 6.23 Å². The van der Waals surface area contributed by atoms with E-state index in [1.807, 2.05) is 0 Å². The van der Waals surface area contributed by atoms with Gasteiger partial charge in [0.1, 0.15) is 18.5 Å². The molecule has 1 saturated heterocycles. The Hall–Kier alpha value is -1.18. The van der Waals surface area contributed by atoms with Gasteiger partial charge in [-0.25, -0.2) is 4.57 Å². The molecule has 3 atom stereocenters. The van der Waals surface area contributed by atoms with E-state index in [9.17, 15) is 10.1 Å². The van der Waals surface area contributed by atoms with Crippen LogP contribution in [0.3, 0.4) is 0 Å². The van der Waals surface area contributed by atoms with E-state index in [0.29, 0.717) is 6.42 Å². The number of imidazole rings is 1. The fourth-order valence-corrected chi connectivity index (χ4v) is 1.99. The average Bonchev–Trinajstić information content (AvgIpc) is 2.82. The normalized spacial score (nSPS) is 29.5. The fraction of sp³-hybridized carbons (Fsp3) is 0.625. The van der Waals surface area contributed by atoms with Gasteiger partial charge in [-0.1, -0.05) is 4.98 Å². The van der Waals surface area contributed by atoms with Crippen LogP contribution in [0.2, 0.25) is 0 Å². The number of aliphatic hydroxyl groups is 1. The van der Waals surface area contributed by atoms with E-state index in [0.717, 1.165) is 0 Å². The van der Waals surface area contributed by atoms with Crippen molar-refractivity contribution >= 4 is 17.5 Å². The topological polar surface area (TPSA) is 90.4 Å². The molecule has 0 bridgehead atoms. The van der Waals surface area contributed by atoms with Crippen LogP contribution in [-0.4, -0.2) is 37.7 Å². The molecule has 0 spiro atoms. The molecule has 0 radical (unpaired) electrons. The van der Waals surface area contributed by atoms with E-state index in [1.54, 1.807) is 0 Å². The highest BCUT2D eigenvalue weighted by Crippen LogP contribution is 2.33. The third-order valence-electron chi connectivity index (χ3n) is 2.46. The van der Waals surface area contributed by atoms with E-state index >= 15 is 0 Å². The number of nitro groups is 1. The van der Waals surface area contributed by atoms with Crippen molar-refractivity contribution in [2.75, 3.05) is 6.61 Å². The first kappa shape index (κ1) is 11.3. The van der Waals surface area contributed by atoms with Crippen LogP contribution in [0.5, 0.6) is 0 Å². The minimum Gasteiger partial charge on any atom is -0.394 e. The van der Waals surface area contributed by atoms with Gasteiger partial charge in [-0.15, -0.1) is 11.6 Å². The van der Waals surface area contributed by atoms with Crippen LogP contribution in [0.25, 0.3) is 0 Å². The molecular weight excluding hydrogens is 238 g/mol. The summed E-state index contributed by atoms with van der Waals surface area (Å²) in [6, 6.07) is 0. The van der Waals surface area contributed by atoms with Crippen LogP contribution in [0, 0.1) is 10.1 Å². The fourth-order valence-electron chi connectivity index (χ4n) is 1.69. The molecule has 2 rings (SSSR count). The van der Waals surface area contributed by atoms with Crippen LogP contribution >= 0.6 is 11.6 Å². The lowest BCUT2D eigenvalue weighted by Gasteiger charge is -2.10. The minimum absolute atomic E-state index is 0.201. The maximum Gasteiger partial charge on any atom is 0.436 e. The maximum absolute atomic E-state index is 10.7. The number of alkyl halides is 1. The summed E-state index contributed by atoms with van der Waals surface area (Å²) in [6.45, 7) is -0.201. The van der Waals surface area contributed by atoms with Crippen molar-refractivity contribution in [3.8, 4) is 0 Å². The highest BCUT2D eigenvalue weighted by atomic mass is 35.5. The van der Waals surface area contributed by atoms with E-state index in [1.165, 1.54) is 17.0 Å². The first-order chi connectivity index (χ1) is 7.63. The Morgan fingerprint density at radius 3 is 3.12 bits per heavy atom. The van der Waals surface area contributed by atoms with Gasteiger partial charge >= 0.3 is 5.95 Å². The monoisotopic (exact) mass is 247 g/mol. The van der Waals surface area contributed by atoms with Gasteiger partial charge in [-0.2, -0.15) is 0 Å². The van der Waals surface area contributed by atoms with Crippen molar-refractivity contribution in [3.63, 3.8) is 0 Å². The van der Waals surface area contributed by atoms with Crippen LogP contribution in [0.15, 0.2) is 12.4 Å². The predicted molar refractivity (Wildman–Crippen MR) is 54.1 cm³/mol. The number of aliphatic hydroxyl groups excluding tert-OH is 1. The summed E-state index contributed by atoms with van der Waals surface area (Å²) in [5.41, 5.74) is 0. The Balaban J connectivity index is 2.20. The van der Waals surface area contributed by atoms with Crippen molar-refractivity contribution in [2.24, 2.45) is 0 Å². The highest BCUT2D eigenvalue weighted by molar-refractivity contribution is 6.21. The molecule has 0 aliphatic carbocycles. The van der Waals surface area contributed by atoms with Gasteiger partial charge in [-0.05, 0) is 4.92 Å². The number of hydrogen-bond acceptors (Lipinski definition) is 5. The molecule has 1 aromatic rings. The van der Waals surface area contributed by atoms with Crippen LogP contribution in [0.1, 0.15) is 12.6 Å². The molecule has 1 aliphatic rings. The van der Waals surface area contributed by atoms with Crippen LogP contribution < -0.4 is 0 Å². The lowest BCUT2D eigenvalue weighted by molar-refractivity contribution is -0.398. The third kappa shape index (κ3) is 1.89. The average molecular weight is 248 g/mol. The van der Waals surface area contributed by atoms with Crippen molar-refractivity contribution in [1.29, 1.82) is 0 Å². The second kappa shape index (κ2) is 4.36. The highest BCUT2D eigenvalue weighted by Gasteiger charge is 2.38. The Morgan fingerprint density at radius 2 is 2.56 bits per heavy atom. The smallest absolute Gasteiger partial charge is 0.394 e. The second-order valence-electron chi connectivity index (χ2n) is 3.46. The summed E-state index contributed by atoms with van der Waals surface area (Å²) in [6.07, 6.45) is 2.17. The van der Waals surface area contributed by atoms with Crippen molar-refractivity contribution in [2.45, 2.75) is 24.1 Å². The lowest BCUT2D eigenvalue weighted by atomic mass is 10.2. The lowest BCUT2D eigenvalue weighted by Crippen LogP contribution is -2.20. The number of hydrogen-bond donors (Lipinski definition) is 1. The molecular formula is C8H10ClN3O4. The number of ether oxygens (including phenoxy) is 1. The molecule has 16 heavy (non-hydrogen) atoms. The molecule has 2 heterocycles. The number of halogens is 1. The molecule has 0 saturated carbocycles. The van der Waals surface area contributed by atoms with E-state index in [-0.39, 0.29) is 17.9 Å². The molecule has 1 fully saturated rings. The predicted octanol–water partition coefficient (Wildman–Crippen LogP) is 0.678. The molecule has 7 nitrogen and oxygen atoms in total. The van der Waals surface area contributed by atoms with E-state index < -0.39 is 17.3 Å². The molecule has 1 N–H and O–H groups in total. The summed E-state index contributed by atoms with van der Waals surface area (Å²) in [4.78, 5) is 13.7. The van der Waals surface area contributed by atoms with Crippen molar-refractivity contribution < 1.29 is 14.8 Å². The zero-order valence-electron chi connectivity index (χ0n) is 8.19. The summed E-state index contributed by atoms with van der Waals surface area (Å²) in [7, 11) is 0. The zero-order valence-corrected chi connectivity index (χ0v) is 8.95.